The van der Waals surface area contributed by atoms with Gasteiger partial charge in [0, 0.05) is 25.0 Å². The van der Waals surface area contributed by atoms with Crippen LogP contribution in [0.1, 0.15) is 17.3 Å². The fraction of sp³-hybridized carbons (Fsp3) is 0.167. The summed E-state index contributed by atoms with van der Waals surface area (Å²) in [5.41, 5.74) is 1.42. The lowest BCUT2D eigenvalue weighted by Gasteiger charge is -2.37. The van der Waals surface area contributed by atoms with Gasteiger partial charge in [0.1, 0.15) is 0 Å². The van der Waals surface area contributed by atoms with Gasteiger partial charge in [-0.15, -0.1) is 11.3 Å². The van der Waals surface area contributed by atoms with Gasteiger partial charge >= 0.3 is 6.03 Å². The molecule has 3 heterocycles. The minimum atomic E-state index is -0.917. The van der Waals surface area contributed by atoms with Crippen LogP contribution in [-0.4, -0.2) is 22.0 Å². The van der Waals surface area contributed by atoms with Crippen molar-refractivity contribution in [3.63, 3.8) is 0 Å². The number of nitrogens with zero attached hydrogens (tertiary/aromatic N) is 2. The molecule has 0 bridgehead atoms. The van der Waals surface area contributed by atoms with Gasteiger partial charge in [0.05, 0.1) is 11.0 Å². The number of carbonyl (C=O) groups excluding carboxylic acids is 1. The molecule has 25 heavy (non-hydrogen) atoms. The van der Waals surface area contributed by atoms with Gasteiger partial charge in [0.25, 0.3) is 0 Å². The summed E-state index contributed by atoms with van der Waals surface area (Å²) in [7, 11) is 0. The Morgan fingerprint density at radius 2 is 2.00 bits per heavy atom. The fourth-order valence-electron chi connectivity index (χ4n) is 3.16. The van der Waals surface area contributed by atoms with E-state index in [-0.39, 0.29) is 6.03 Å². The lowest BCUT2D eigenvalue weighted by Crippen LogP contribution is -2.44. The highest BCUT2D eigenvalue weighted by Crippen LogP contribution is 2.33. The quantitative estimate of drug-likeness (QED) is 0.720. The van der Waals surface area contributed by atoms with Crippen molar-refractivity contribution in [3.05, 3.63) is 76.9 Å². The summed E-state index contributed by atoms with van der Waals surface area (Å²) in [4.78, 5) is 14.4. The van der Waals surface area contributed by atoms with Crippen LogP contribution in [0.2, 0.25) is 0 Å². The molecule has 0 fully saturated rings. The number of anilines is 1. The Bertz CT molecular complexity index is 907. The van der Waals surface area contributed by atoms with Gasteiger partial charge in [-0.25, -0.2) is 13.6 Å². The molecule has 4 nitrogen and oxygen atoms in total. The van der Waals surface area contributed by atoms with Gasteiger partial charge in [0.2, 0.25) is 0 Å². The zero-order valence-corrected chi connectivity index (χ0v) is 14.0. The molecule has 1 aliphatic heterocycles. The molecule has 0 saturated carbocycles. The molecule has 128 valence electrons. The molecule has 4 rings (SSSR count). The first-order chi connectivity index (χ1) is 12.1. The lowest BCUT2D eigenvalue weighted by atomic mass is 10.00. The van der Waals surface area contributed by atoms with Crippen molar-refractivity contribution in [1.29, 1.82) is 0 Å². The van der Waals surface area contributed by atoms with Crippen molar-refractivity contribution in [1.82, 2.24) is 9.47 Å². The summed E-state index contributed by atoms with van der Waals surface area (Å²) >= 11 is 1.43. The summed E-state index contributed by atoms with van der Waals surface area (Å²) in [5.74, 6) is -1.82. The van der Waals surface area contributed by atoms with Crippen molar-refractivity contribution in [2.75, 3.05) is 11.9 Å². The number of amides is 2. The molecular formula is C18H15F2N3OS. The summed E-state index contributed by atoms with van der Waals surface area (Å²) in [5, 5.41) is 5.49. The summed E-state index contributed by atoms with van der Waals surface area (Å²) in [6.45, 7) is 1.13. The first-order valence-corrected chi connectivity index (χ1v) is 8.72. The average Bonchev–Trinajstić information content (AvgIpc) is 3.27. The van der Waals surface area contributed by atoms with Crippen molar-refractivity contribution >= 4 is 22.4 Å². The number of fused-ring (bicyclic) bond motifs is 1. The largest absolute Gasteiger partial charge is 0.348 e. The number of urea groups is 1. The Labute approximate surface area is 147 Å². The van der Waals surface area contributed by atoms with Gasteiger partial charge in [0.15, 0.2) is 11.6 Å². The van der Waals surface area contributed by atoms with E-state index in [1.165, 1.54) is 17.4 Å². The Balaban J connectivity index is 1.72. The Kier molecular flexibility index (Phi) is 4.01. The molecule has 3 aromatic rings. The maximum absolute atomic E-state index is 13.8. The third-order valence-electron chi connectivity index (χ3n) is 4.31. The SMILES string of the molecule is O=C(Nc1cccs1)N1CCn2cccc2[C@@H]1c1ccc(F)c(F)c1. The number of aromatic nitrogens is 1. The highest BCUT2D eigenvalue weighted by atomic mass is 32.1. The molecule has 2 aromatic heterocycles. The summed E-state index contributed by atoms with van der Waals surface area (Å²) in [6.07, 6.45) is 1.93. The van der Waals surface area contributed by atoms with Crippen LogP contribution in [0.25, 0.3) is 0 Å². The molecule has 0 radical (unpaired) electrons. The minimum Gasteiger partial charge on any atom is -0.348 e. The highest BCUT2D eigenvalue weighted by molar-refractivity contribution is 7.14. The van der Waals surface area contributed by atoms with Crippen LogP contribution in [0.3, 0.4) is 0 Å². The maximum Gasteiger partial charge on any atom is 0.323 e. The number of benzene rings is 1. The second kappa shape index (κ2) is 6.33. The number of thiophene rings is 1. The Morgan fingerprint density at radius 1 is 1.12 bits per heavy atom. The van der Waals surface area contributed by atoms with Crippen molar-refractivity contribution < 1.29 is 13.6 Å². The molecule has 0 unspecified atom stereocenters. The van der Waals surface area contributed by atoms with E-state index in [1.807, 2.05) is 40.4 Å². The molecule has 1 aromatic carbocycles. The van der Waals surface area contributed by atoms with Crippen LogP contribution in [0.4, 0.5) is 18.6 Å². The smallest absolute Gasteiger partial charge is 0.323 e. The second-order valence-corrected chi connectivity index (χ2v) is 6.75. The number of carbonyl (C=O) groups is 1. The molecule has 1 atom stereocenters. The van der Waals surface area contributed by atoms with Crippen molar-refractivity contribution in [2.45, 2.75) is 12.6 Å². The van der Waals surface area contributed by atoms with Crippen LogP contribution in [0.5, 0.6) is 0 Å². The molecule has 0 aliphatic carbocycles. The topological polar surface area (TPSA) is 37.3 Å². The van der Waals surface area contributed by atoms with Gasteiger partial charge in [-0.3, -0.25) is 5.32 Å². The molecule has 0 saturated heterocycles. The lowest BCUT2D eigenvalue weighted by molar-refractivity contribution is 0.181. The van der Waals surface area contributed by atoms with E-state index in [2.05, 4.69) is 5.32 Å². The fourth-order valence-corrected chi connectivity index (χ4v) is 3.77. The van der Waals surface area contributed by atoms with Gasteiger partial charge in [-0.05, 0) is 47.3 Å². The summed E-state index contributed by atoms with van der Waals surface area (Å²) in [6, 6.07) is 10.5. The van der Waals surface area contributed by atoms with E-state index >= 15 is 0 Å². The number of halogens is 2. The van der Waals surface area contributed by atoms with Crippen LogP contribution in [0, 0.1) is 11.6 Å². The van der Waals surface area contributed by atoms with E-state index in [4.69, 9.17) is 0 Å². The van der Waals surface area contributed by atoms with Gasteiger partial charge < -0.3 is 9.47 Å². The first-order valence-electron chi connectivity index (χ1n) is 7.84. The zero-order chi connectivity index (χ0) is 17.4. The van der Waals surface area contributed by atoms with E-state index in [0.29, 0.717) is 18.7 Å². The standard InChI is InChI=1S/C18H15F2N3OS/c19-13-6-5-12(11-14(13)20)17-15-3-1-7-22(15)8-9-23(17)18(24)21-16-4-2-10-25-16/h1-7,10-11,17H,8-9H2,(H,21,24)/t17-/m0/s1. The Hall–Kier alpha value is -2.67. The first kappa shape index (κ1) is 15.8. The average molecular weight is 359 g/mol. The van der Waals surface area contributed by atoms with Crippen LogP contribution in [0.15, 0.2) is 54.0 Å². The molecule has 1 aliphatic rings. The molecule has 7 heteroatoms. The molecule has 0 spiro atoms. The predicted molar refractivity (Wildman–Crippen MR) is 92.7 cm³/mol. The third-order valence-corrected chi connectivity index (χ3v) is 5.10. The van der Waals surface area contributed by atoms with E-state index in [9.17, 15) is 13.6 Å². The molecule has 2 amide bonds. The number of hydrogen-bond acceptors (Lipinski definition) is 2. The molecular weight excluding hydrogens is 344 g/mol. The normalized spacial score (nSPS) is 16.6. The predicted octanol–water partition coefficient (Wildman–Crippen LogP) is 4.46. The summed E-state index contributed by atoms with van der Waals surface area (Å²) < 4.78 is 29.1. The number of hydrogen-bond donors (Lipinski definition) is 1. The van der Waals surface area contributed by atoms with Crippen LogP contribution >= 0.6 is 11.3 Å². The maximum atomic E-state index is 13.8. The van der Waals surface area contributed by atoms with E-state index in [0.717, 1.165) is 22.8 Å². The third kappa shape index (κ3) is 2.91. The van der Waals surface area contributed by atoms with E-state index < -0.39 is 17.7 Å². The van der Waals surface area contributed by atoms with Crippen molar-refractivity contribution in [2.24, 2.45) is 0 Å². The minimum absolute atomic E-state index is 0.260. The van der Waals surface area contributed by atoms with Crippen molar-refractivity contribution in [3.8, 4) is 0 Å². The van der Waals surface area contributed by atoms with Gasteiger partial charge in [-0.2, -0.15) is 0 Å². The number of rotatable bonds is 2. The highest BCUT2D eigenvalue weighted by Gasteiger charge is 2.32. The van der Waals surface area contributed by atoms with E-state index in [1.54, 1.807) is 4.90 Å². The van der Waals surface area contributed by atoms with Crippen LogP contribution < -0.4 is 5.32 Å². The van der Waals surface area contributed by atoms with Crippen LogP contribution in [-0.2, 0) is 6.54 Å². The Morgan fingerprint density at radius 3 is 2.76 bits per heavy atom. The van der Waals surface area contributed by atoms with Gasteiger partial charge in [-0.1, -0.05) is 6.07 Å². The zero-order valence-electron chi connectivity index (χ0n) is 13.2. The monoisotopic (exact) mass is 359 g/mol. The second-order valence-electron chi connectivity index (χ2n) is 5.80. The number of nitrogens with one attached hydrogen (secondary N) is 1. The molecule has 1 N–H and O–H groups in total.